The molecule has 4 heterocycles. The highest BCUT2D eigenvalue weighted by atomic mass is 79.9. The first-order valence-electron chi connectivity index (χ1n) is 16.6. The molecule has 6 rings (SSSR count). The Hall–Kier alpha value is -4.34. The van der Waals surface area contributed by atoms with E-state index in [9.17, 15) is 26.4 Å². The van der Waals surface area contributed by atoms with Crippen molar-refractivity contribution in [1.82, 2.24) is 10.3 Å². The van der Waals surface area contributed by atoms with Crippen LogP contribution in [0.15, 0.2) is 99.2 Å². The zero-order valence-corrected chi connectivity index (χ0v) is 37.1. The van der Waals surface area contributed by atoms with Crippen molar-refractivity contribution in [2.75, 3.05) is 20.1 Å². The summed E-state index contributed by atoms with van der Waals surface area (Å²) < 4.78 is 66.3. The van der Waals surface area contributed by atoms with E-state index in [2.05, 4.69) is 89.9 Å². The molecule has 56 heavy (non-hydrogen) atoms. The number of halogens is 2. The number of anilines is 4. The van der Waals surface area contributed by atoms with Gasteiger partial charge in [0, 0.05) is 11.4 Å². The second-order valence-electron chi connectivity index (χ2n) is 12.7. The molecule has 20 heteroatoms. The maximum atomic E-state index is 12.7. The number of amides is 2. The molecular formula is C36H36Br2N6O8S4. The molecule has 0 aliphatic heterocycles. The quantitative estimate of drug-likeness (QED) is 0.0914. The van der Waals surface area contributed by atoms with Crippen molar-refractivity contribution in [3.05, 3.63) is 113 Å². The first-order chi connectivity index (χ1) is 26.4. The van der Waals surface area contributed by atoms with Gasteiger partial charge in [0.15, 0.2) is 0 Å². The van der Waals surface area contributed by atoms with Crippen molar-refractivity contribution in [1.29, 1.82) is 0 Å². The Morgan fingerprint density at radius 1 is 0.607 bits per heavy atom. The number of carbonyl (C=O) groups is 2. The molecule has 0 aliphatic carbocycles. The van der Waals surface area contributed by atoms with Crippen LogP contribution in [0.4, 0.5) is 23.1 Å². The van der Waals surface area contributed by atoms with Crippen LogP contribution in [0.25, 0.3) is 0 Å². The normalized spacial score (nSPS) is 11.6. The second-order valence-corrected chi connectivity index (χ2v) is 19.4. The number of thiophene rings is 2. The third-order valence-electron chi connectivity index (χ3n) is 7.96. The molecule has 296 valence electrons. The lowest BCUT2D eigenvalue weighted by molar-refractivity contribution is 0.102. The van der Waals surface area contributed by atoms with Crippen LogP contribution in [0.3, 0.4) is 0 Å². The number of carbonyl (C=O) groups excluding carboxylic acids is 2. The molecule has 0 saturated heterocycles. The van der Waals surface area contributed by atoms with Crippen LogP contribution in [0, 0.1) is 13.8 Å². The van der Waals surface area contributed by atoms with Crippen LogP contribution in [0.1, 0.15) is 81.4 Å². The number of hydrogen-bond donors (Lipinski definition) is 4. The fourth-order valence-electron chi connectivity index (χ4n) is 4.83. The van der Waals surface area contributed by atoms with Gasteiger partial charge in [0.05, 0.1) is 11.4 Å². The lowest BCUT2D eigenvalue weighted by Gasteiger charge is -2.09. The van der Waals surface area contributed by atoms with E-state index in [1.807, 2.05) is 24.3 Å². The summed E-state index contributed by atoms with van der Waals surface area (Å²) in [4.78, 5) is 25.2. The van der Waals surface area contributed by atoms with E-state index in [1.165, 1.54) is 12.1 Å². The highest BCUT2D eigenvalue weighted by Crippen LogP contribution is 2.32. The Balaban J connectivity index is 0.000000214. The van der Waals surface area contributed by atoms with Crippen molar-refractivity contribution in [3.8, 4) is 0 Å². The predicted octanol–water partition coefficient (Wildman–Crippen LogP) is 9.97. The van der Waals surface area contributed by atoms with Crippen molar-refractivity contribution in [3.63, 3.8) is 0 Å². The van der Waals surface area contributed by atoms with Gasteiger partial charge in [-0.2, -0.15) is 0 Å². The number of sulfonamides is 2. The lowest BCUT2D eigenvalue weighted by atomic mass is 10.0. The van der Waals surface area contributed by atoms with Gasteiger partial charge >= 0.3 is 0 Å². The van der Waals surface area contributed by atoms with Gasteiger partial charge in [-0.1, -0.05) is 62.3 Å². The van der Waals surface area contributed by atoms with Gasteiger partial charge in [0.2, 0.25) is 0 Å². The molecule has 2 amide bonds. The summed E-state index contributed by atoms with van der Waals surface area (Å²) >= 11 is 8.51. The molecule has 0 saturated carbocycles. The van der Waals surface area contributed by atoms with E-state index in [0.29, 0.717) is 43.5 Å². The predicted molar refractivity (Wildman–Crippen MR) is 225 cm³/mol. The van der Waals surface area contributed by atoms with Gasteiger partial charge in [-0.15, -0.1) is 22.7 Å². The fraction of sp³-hybridized carbons (Fsp3) is 0.222. The van der Waals surface area contributed by atoms with Crippen LogP contribution in [0.5, 0.6) is 0 Å². The number of aryl methyl sites for hydroxylation is 2. The summed E-state index contributed by atoms with van der Waals surface area (Å²) in [6, 6.07) is 17.6. The molecule has 4 aromatic heterocycles. The Labute approximate surface area is 348 Å². The molecule has 4 N–H and O–H groups in total. The number of rotatable bonds is 12. The molecular weight excluding hydrogens is 933 g/mol. The molecule has 2 aromatic carbocycles. The van der Waals surface area contributed by atoms with Crippen molar-refractivity contribution in [2.45, 2.75) is 63.2 Å². The Kier molecular flexibility index (Phi) is 13.6. The zero-order valence-electron chi connectivity index (χ0n) is 30.6. The zero-order chi connectivity index (χ0) is 40.9. The van der Waals surface area contributed by atoms with Crippen LogP contribution >= 0.6 is 54.5 Å². The molecule has 14 nitrogen and oxygen atoms in total. The highest BCUT2D eigenvalue weighted by Gasteiger charge is 2.28. The Morgan fingerprint density at radius 2 is 0.946 bits per heavy atom. The van der Waals surface area contributed by atoms with Crippen molar-refractivity contribution in [2.24, 2.45) is 0 Å². The molecule has 0 atom stereocenters. The summed E-state index contributed by atoms with van der Waals surface area (Å²) in [5.41, 5.74) is 4.49. The molecule has 0 bridgehead atoms. The number of nitrogens with zero attached hydrogens (tertiary/aromatic N) is 2. The Morgan fingerprint density at radius 3 is 1.23 bits per heavy atom. The first-order valence-corrected chi connectivity index (χ1v) is 23.0. The van der Waals surface area contributed by atoms with Gasteiger partial charge in [0.25, 0.3) is 43.6 Å². The Bertz CT molecular complexity index is 2380. The molecule has 0 fully saturated rings. The van der Waals surface area contributed by atoms with Crippen LogP contribution in [-0.2, 0) is 20.0 Å². The van der Waals surface area contributed by atoms with Crippen LogP contribution in [-0.4, -0.2) is 39.0 Å². The third-order valence-corrected chi connectivity index (χ3v) is 14.7. The number of nitrogens with one attached hydrogen (secondary N) is 4. The topological polar surface area (TPSA) is 203 Å². The van der Waals surface area contributed by atoms with E-state index in [0.717, 1.165) is 33.8 Å². The average molecular weight is 969 g/mol. The van der Waals surface area contributed by atoms with Crippen molar-refractivity contribution < 1.29 is 35.5 Å². The minimum Gasteiger partial charge on any atom is -0.336 e. The number of aromatic nitrogens is 2. The van der Waals surface area contributed by atoms with Crippen LogP contribution in [0.2, 0.25) is 0 Å². The van der Waals surface area contributed by atoms with E-state index in [1.54, 1.807) is 48.9 Å². The van der Waals surface area contributed by atoms with E-state index in [-0.39, 0.29) is 31.3 Å². The fourth-order valence-corrected chi connectivity index (χ4v) is 10.2. The highest BCUT2D eigenvalue weighted by molar-refractivity contribution is 9.11. The number of hydrogen-bond acceptors (Lipinski definition) is 12. The molecule has 6 aromatic rings. The van der Waals surface area contributed by atoms with E-state index in [4.69, 9.17) is 9.05 Å². The SMILES string of the molecule is Cc1noc(NS(=O)(=O)c2ccsc2C(=O)Nc2ccc(C(C)C)cc2)c1Br.Cc1noc(NS(=O)(=O)c2ccsc2C(=O)Nc2ccc(C(C)C)cc2)c1Br. The van der Waals surface area contributed by atoms with Crippen molar-refractivity contribution >= 4 is 110 Å². The molecule has 0 aliphatic rings. The van der Waals surface area contributed by atoms with Gasteiger partial charge < -0.3 is 19.7 Å². The third kappa shape index (κ3) is 10.1. The maximum absolute atomic E-state index is 12.7. The van der Waals surface area contributed by atoms with E-state index >= 15 is 0 Å². The van der Waals surface area contributed by atoms with Gasteiger partial charge in [-0.3, -0.25) is 9.59 Å². The number of benzene rings is 2. The van der Waals surface area contributed by atoms with Crippen LogP contribution < -0.4 is 20.1 Å². The summed E-state index contributed by atoms with van der Waals surface area (Å²) in [5, 5.41) is 15.9. The largest absolute Gasteiger partial charge is 0.336 e. The molecule has 0 spiro atoms. The molecule has 0 radical (unpaired) electrons. The smallest absolute Gasteiger partial charge is 0.267 e. The van der Waals surface area contributed by atoms with Gasteiger partial charge in [0.1, 0.15) is 28.5 Å². The average Bonchev–Trinajstić information content (AvgIpc) is 3.97. The standard InChI is InChI=1S/2C18H18BrN3O4S2/c2*1-10(2)12-4-6-13(7-5-12)20-17(23)16-14(8-9-27-16)28(24,25)22-18-15(19)11(3)21-26-18/h2*4-10,22H,1-3H3,(H,20,23). The first kappa shape index (κ1) is 42.8. The van der Waals surface area contributed by atoms with Gasteiger partial charge in [-0.05, 0) is 116 Å². The monoisotopic (exact) mass is 966 g/mol. The summed E-state index contributed by atoms with van der Waals surface area (Å²) in [5.74, 6) is -0.326. The minimum atomic E-state index is -4.03. The lowest BCUT2D eigenvalue weighted by Crippen LogP contribution is -2.18. The summed E-state index contributed by atoms with van der Waals surface area (Å²) in [6.45, 7) is 11.7. The maximum Gasteiger partial charge on any atom is 0.267 e. The molecule has 0 unspecified atom stereocenters. The minimum absolute atomic E-state index is 0.0423. The summed E-state index contributed by atoms with van der Waals surface area (Å²) in [7, 11) is -8.06. The summed E-state index contributed by atoms with van der Waals surface area (Å²) in [6.07, 6.45) is 0. The van der Waals surface area contributed by atoms with E-state index < -0.39 is 31.9 Å². The van der Waals surface area contributed by atoms with Gasteiger partial charge in [-0.25, -0.2) is 26.3 Å². The second kappa shape index (κ2) is 17.9.